The minimum Gasteiger partial charge on any atom is -0.380 e. The van der Waals surface area contributed by atoms with E-state index in [1.165, 1.54) is 0 Å². The predicted octanol–water partition coefficient (Wildman–Crippen LogP) is -0.137. The third-order valence-corrected chi connectivity index (χ3v) is 2.04. The number of rotatable bonds is 6. The third-order valence-electron chi connectivity index (χ3n) is 2.04. The number of carbonyl (C=O) groups is 1. The Morgan fingerprint density at radius 1 is 1.67 bits per heavy atom. The lowest BCUT2D eigenvalue weighted by molar-refractivity contribution is -0.117. The van der Waals surface area contributed by atoms with E-state index < -0.39 is 0 Å². The van der Waals surface area contributed by atoms with Gasteiger partial charge in [0.2, 0.25) is 5.91 Å². The summed E-state index contributed by atoms with van der Waals surface area (Å²) in [6.07, 6.45) is 2.80. The summed E-state index contributed by atoms with van der Waals surface area (Å²) in [6, 6.07) is 0. The van der Waals surface area contributed by atoms with Crippen molar-refractivity contribution in [3.8, 4) is 0 Å². The van der Waals surface area contributed by atoms with Crippen LogP contribution in [0.2, 0.25) is 0 Å². The summed E-state index contributed by atoms with van der Waals surface area (Å²) in [5.74, 6) is -0.0213. The summed E-state index contributed by atoms with van der Waals surface area (Å²) in [4.78, 5) is 11.5. The molecule has 0 aliphatic carbocycles. The Kier molecular flexibility index (Phi) is 5.14. The molecule has 5 heteroatoms. The number of hydrogen-bond acceptors (Lipinski definition) is 4. The van der Waals surface area contributed by atoms with E-state index in [1.54, 1.807) is 11.2 Å². The smallest absolute Gasteiger partial charge is 0.250 e. The van der Waals surface area contributed by atoms with E-state index in [0.717, 1.165) is 18.6 Å². The quantitative estimate of drug-likeness (QED) is 0.603. The molecule has 0 aromatic rings. The van der Waals surface area contributed by atoms with Crippen LogP contribution >= 0.6 is 0 Å². The molecule has 1 aliphatic rings. The maximum absolute atomic E-state index is 11.5. The molecule has 0 unspecified atom stereocenters. The average Bonchev–Trinajstić information content (AvgIpc) is 2.64. The standard InChI is InChI=1S/C10H19N3O2/c1-3-5-15-6-4-11-10(14)9-7-12-13(2)8-9/h8,12H,3-7H2,1-2H3,(H,11,14). The molecule has 0 bridgehead atoms. The molecule has 15 heavy (non-hydrogen) atoms. The van der Waals surface area contributed by atoms with Gasteiger partial charge in [0.1, 0.15) is 0 Å². The van der Waals surface area contributed by atoms with Crippen LogP contribution in [0.1, 0.15) is 13.3 Å². The van der Waals surface area contributed by atoms with E-state index in [-0.39, 0.29) is 5.91 Å². The van der Waals surface area contributed by atoms with E-state index >= 15 is 0 Å². The van der Waals surface area contributed by atoms with Crippen LogP contribution in [0.3, 0.4) is 0 Å². The van der Waals surface area contributed by atoms with Gasteiger partial charge in [-0.25, -0.2) is 5.43 Å². The zero-order chi connectivity index (χ0) is 11.1. The second-order valence-corrected chi connectivity index (χ2v) is 3.47. The van der Waals surface area contributed by atoms with Crippen molar-refractivity contribution < 1.29 is 9.53 Å². The number of nitrogens with zero attached hydrogens (tertiary/aromatic N) is 1. The minimum atomic E-state index is -0.0213. The first-order valence-electron chi connectivity index (χ1n) is 5.27. The number of carbonyl (C=O) groups excluding carboxylic acids is 1. The summed E-state index contributed by atoms with van der Waals surface area (Å²) in [6.45, 7) is 4.56. The van der Waals surface area contributed by atoms with Crippen molar-refractivity contribution in [1.82, 2.24) is 15.8 Å². The van der Waals surface area contributed by atoms with Gasteiger partial charge in [-0.15, -0.1) is 0 Å². The fourth-order valence-electron chi connectivity index (χ4n) is 1.27. The van der Waals surface area contributed by atoms with Crippen molar-refractivity contribution in [2.75, 3.05) is 33.4 Å². The highest BCUT2D eigenvalue weighted by molar-refractivity contribution is 5.94. The van der Waals surface area contributed by atoms with Crippen molar-refractivity contribution in [3.63, 3.8) is 0 Å². The van der Waals surface area contributed by atoms with Gasteiger partial charge in [0, 0.05) is 38.5 Å². The molecule has 0 saturated heterocycles. The third kappa shape index (κ3) is 4.31. The second kappa shape index (κ2) is 6.42. The normalized spacial score (nSPS) is 15.3. The van der Waals surface area contributed by atoms with Gasteiger partial charge in [0.15, 0.2) is 0 Å². The van der Waals surface area contributed by atoms with E-state index in [1.807, 2.05) is 7.05 Å². The fraction of sp³-hybridized carbons (Fsp3) is 0.700. The molecule has 0 radical (unpaired) electrons. The Hall–Kier alpha value is -1.07. The molecule has 0 aromatic carbocycles. The SMILES string of the molecule is CCCOCCNC(=O)C1=CN(C)NC1. The first-order valence-corrected chi connectivity index (χ1v) is 5.27. The molecule has 1 amide bonds. The van der Waals surface area contributed by atoms with E-state index in [2.05, 4.69) is 17.7 Å². The zero-order valence-electron chi connectivity index (χ0n) is 9.38. The Bertz CT molecular complexity index is 241. The molecule has 2 N–H and O–H groups in total. The van der Waals surface area contributed by atoms with Gasteiger partial charge in [-0.3, -0.25) is 4.79 Å². The van der Waals surface area contributed by atoms with E-state index in [9.17, 15) is 4.79 Å². The van der Waals surface area contributed by atoms with Crippen molar-refractivity contribution in [2.45, 2.75) is 13.3 Å². The molecular formula is C10H19N3O2. The summed E-state index contributed by atoms with van der Waals surface area (Å²) in [5, 5.41) is 4.59. The topological polar surface area (TPSA) is 53.6 Å². The highest BCUT2D eigenvalue weighted by Gasteiger charge is 2.14. The van der Waals surface area contributed by atoms with E-state index in [4.69, 9.17) is 4.74 Å². The fourth-order valence-corrected chi connectivity index (χ4v) is 1.27. The maximum Gasteiger partial charge on any atom is 0.250 e. The molecule has 1 heterocycles. The Labute approximate surface area is 90.4 Å². The lowest BCUT2D eigenvalue weighted by Crippen LogP contribution is -2.30. The second-order valence-electron chi connectivity index (χ2n) is 3.47. The largest absolute Gasteiger partial charge is 0.380 e. The van der Waals surface area contributed by atoms with Crippen molar-refractivity contribution in [3.05, 3.63) is 11.8 Å². The molecule has 0 spiro atoms. The molecule has 1 rings (SSSR count). The molecule has 86 valence electrons. The van der Waals surface area contributed by atoms with Crippen LogP contribution in [0.25, 0.3) is 0 Å². The van der Waals surface area contributed by atoms with Gasteiger partial charge in [-0.2, -0.15) is 0 Å². The molecular weight excluding hydrogens is 194 g/mol. The van der Waals surface area contributed by atoms with Crippen molar-refractivity contribution >= 4 is 5.91 Å². The van der Waals surface area contributed by atoms with Gasteiger partial charge in [-0.05, 0) is 6.42 Å². The molecule has 5 nitrogen and oxygen atoms in total. The van der Waals surface area contributed by atoms with Gasteiger partial charge in [0.05, 0.1) is 6.61 Å². The molecule has 0 atom stereocenters. The van der Waals surface area contributed by atoms with Crippen LogP contribution in [0, 0.1) is 0 Å². The highest BCUT2D eigenvalue weighted by Crippen LogP contribution is 2.01. The number of hydrogen-bond donors (Lipinski definition) is 2. The monoisotopic (exact) mass is 213 g/mol. The molecule has 0 aromatic heterocycles. The van der Waals surface area contributed by atoms with Crippen LogP contribution in [0.15, 0.2) is 11.8 Å². The van der Waals surface area contributed by atoms with Gasteiger partial charge in [0.25, 0.3) is 0 Å². The molecule has 0 fully saturated rings. The molecule has 1 aliphatic heterocycles. The van der Waals surface area contributed by atoms with Gasteiger partial charge in [-0.1, -0.05) is 6.92 Å². The van der Waals surface area contributed by atoms with Crippen LogP contribution < -0.4 is 10.7 Å². The van der Waals surface area contributed by atoms with Crippen LogP contribution in [-0.4, -0.2) is 44.3 Å². The Balaban J connectivity index is 2.11. The lowest BCUT2D eigenvalue weighted by Gasteiger charge is -2.05. The first kappa shape index (κ1) is 12.0. The number of ether oxygens (including phenoxy) is 1. The maximum atomic E-state index is 11.5. The lowest BCUT2D eigenvalue weighted by atomic mass is 10.3. The zero-order valence-corrected chi connectivity index (χ0v) is 9.38. The Morgan fingerprint density at radius 3 is 3.07 bits per heavy atom. The van der Waals surface area contributed by atoms with Crippen LogP contribution in [0.5, 0.6) is 0 Å². The minimum absolute atomic E-state index is 0.0213. The first-order chi connectivity index (χ1) is 7.24. The number of amides is 1. The molecule has 0 saturated carbocycles. The van der Waals surface area contributed by atoms with Gasteiger partial charge < -0.3 is 15.1 Å². The summed E-state index contributed by atoms with van der Waals surface area (Å²) >= 11 is 0. The number of hydrazine groups is 1. The number of nitrogens with one attached hydrogen (secondary N) is 2. The summed E-state index contributed by atoms with van der Waals surface area (Å²) < 4.78 is 5.26. The Morgan fingerprint density at radius 2 is 2.47 bits per heavy atom. The summed E-state index contributed by atoms with van der Waals surface area (Å²) in [7, 11) is 1.87. The van der Waals surface area contributed by atoms with Crippen LogP contribution in [0.4, 0.5) is 0 Å². The van der Waals surface area contributed by atoms with Gasteiger partial charge >= 0.3 is 0 Å². The van der Waals surface area contributed by atoms with Crippen LogP contribution in [-0.2, 0) is 9.53 Å². The average molecular weight is 213 g/mol. The highest BCUT2D eigenvalue weighted by atomic mass is 16.5. The van der Waals surface area contributed by atoms with Crippen molar-refractivity contribution in [1.29, 1.82) is 0 Å². The van der Waals surface area contributed by atoms with Crippen molar-refractivity contribution in [2.24, 2.45) is 0 Å². The predicted molar refractivity (Wildman–Crippen MR) is 58.0 cm³/mol. The summed E-state index contributed by atoms with van der Waals surface area (Å²) in [5.41, 5.74) is 3.77. The van der Waals surface area contributed by atoms with E-state index in [0.29, 0.717) is 19.7 Å².